The summed E-state index contributed by atoms with van der Waals surface area (Å²) in [6.07, 6.45) is 1.78. The van der Waals surface area contributed by atoms with Crippen LogP contribution < -0.4 is 4.74 Å². The molecule has 0 aliphatic rings. The van der Waals surface area contributed by atoms with Crippen LogP contribution >= 0.6 is 11.3 Å². The molecule has 2 rings (SSSR count). The lowest BCUT2D eigenvalue weighted by Crippen LogP contribution is -1.94. The molecule has 1 aromatic heterocycles. The van der Waals surface area contributed by atoms with E-state index in [0.717, 1.165) is 33.9 Å². The number of carbonyl (C=O) groups excluding carboxylic acids is 1. The summed E-state index contributed by atoms with van der Waals surface area (Å²) < 4.78 is 5.59. The molecule has 18 heavy (non-hydrogen) atoms. The molecule has 0 bridgehead atoms. The van der Waals surface area contributed by atoms with E-state index in [4.69, 9.17) is 4.74 Å². The smallest absolute Gasteiger partial charge is 0.169 e. The van der Waals surface area contributed by atoms with Crippen LogP contribution in [0.4, 0.5) is 0 Å². The molecule has 2 aromatic rings. The zero-order valence-corrected chi connectivity index (χ0v) is 11.3. The molecule has 3 nitrogen and oxygen atoms in total. The van der Waals surface area contributed by atoms with Crippen LogP contribution in [0.1, 0.15) is 28.7 Å². The third-order valence-electron chi connectivity index (χ3n) is 2.50. The van der Waals surface area contributed by atoms with Crippen LogP contribution in [0.5, 0.6) is 5.75 Å². The van der Waals surface area contributed by atoms with Gasteiger partial charge in [-0.15, -0.1) is 11.3 Å². The van der Waals surface area contributed by atoms with E-state index in [1.807, 2.05) is 31.2 Å². The van der Waals surface area contributed by atoms with Crippen molar-refractivity contribution in [2.24, 2.45) is 0 Å². The molecule has 1 aromatic carbocycles. The van der Waals surface area contributed by atoms with Gasteiger partial charge in [-0.05, 0) is 25.5 Å². The molecule has 1 heterocycles. The van der Waals surface area contributed by atoms with Gasteiger partial charge in [-0.1, -0.05) is 19.1 Å². The highest BCUT2D eigenvalue weighted by atomic mass is 32.1. The van der Waals surface area contributed by atoms with Gasteiger partial charge in [0.15, 0.2) is 6.29 Å². The van der Waals surface area contributed by atoms with Gasteiger partial charge >= 0.3 is 0 Å². The van der Waals surface area contributed by atoms with Gasteiger partial charge in [0.2, 0.25) is 0 Å². The van der Waals surface area contributed by atoms with Crippen molar-refractivity contribution in [3.8, 4) is 16.3 Å². The summed E-state index contributed by atoms with van der Waals surface area (Å²) in [6, 6.07) is 7.81. The monoisotopic (exact) mass is 261 g/mol. The highest BCUT2D eigenvalue weighted by molar-refractivity contribution is 7.15. The van der Waals surface area contributed by atoms with Crippen molar-refractivity contribution >= 4 is 17.6 Å². The fourth-order valence-electron chi connectivity index (χ4n) is 1.58. The maximum absolute atomic E-state index is 10.8. The van der Waals surface area contributed by atoms with E-state index in [1.165, 1.54) is 11.3 Å². The molecule has 0 aliphatic carbocycles. The van der Waals surface area contributed by atoms with Gasteiger partial charge in [0, 0.05) is 10.4 Å². The number of rotatable bonds is 5. The summed E-state index contributed by atoms with van der Waals surface area (Å²) in [5.41, 5.74) is 1.51. The summed E-state index contributed by atoms with van der Waals surface area (Å²) in [6.45, 7) is 4.69. The fraction of sp³-hybridized carbons (Fsp3) is 0.286. The lowest BCUT2D eigenvalue weighted by molar-refractivity contribution is 0.111. The lowest BCUT2D eigenvalue weighted by atomic mass is 10.2. The summed E-state index contributed by atoms with van der Waals surface area (Å²) in [4.78, 5) is 16.1. The minimum atomic E-state index is 0.523. The standard InChI is InChI=1S/C14H15NO2S/c1-3-7-17-12-6-4-5-11(8-12)14-15-13(9-16)10(2)18-14/h4-6,8-9H,3,7H2,1-2H3. The zero-order chi connectivity index (χ0) is 13.0. The quantitative estimate of drug-likeness (QED) is 0.770. The van der Waals surface area contributed by atoms with E-state index in [2.05, 4.69) is 11.9 Å². The average molecular weight is 261 g/mol. The first-order chi connectivity index (χ1) is 8.74. The van der Waals surface area contributed by atoms with E-state index in [1.54, 1.807) is 0 Å². The van der Waals surface area contributed by atoms with Crippen LogP contribution in [0.2, 0.25) is 0 Å². The van der Waals surface area contributed by atoms with Crippen LogP contribution in [-0.2, 0) is 0 Å². The van der Waals surface area contributed by atoms with Crippen molar-refractivity contribution in [1.82, 2.24) is 4.98 Å². The van der Waals surface area contributed by atoms with Gasteiger partial charge in [-0.3, -0.25) is 4.79 Å². The third kappa shape index (κ3) is 2.76. The molecule has 0 N–H and O–H groups in total. The Morgan fingerprint density at radius 3 is 2.94 bits per heavy atom. The normalized spacial score (nSPS) is 10.3. The zero-order valence-electron chi connectivity index (χ0n) is 10.5. The Hall–Kier alpha value is -1.68. The van der Waals surface area contributed by atoms with Crippen molar-refractivity contribution in [3.05, 3.63) is 34.8 Å². The molecule has 4 heteroatoms. The number of hydrogen-bond donors (Lipinski definition) is 0. The molecule has 0 saturated carbocycles. The molecule has 0 spiro atoms. The number of nitrogens with zero attached hydrogens (tertiary/aromatic N) is 1. The summed E-state index contributed by atoms with van der Waals surface area (Å²) in [5, 5.41) is 0.858. The molecular formula is C14H15NO2S. The molecule has 0 radical (unpaired) electrons. The molecular weight excluding hydrogens is 246 g/mol. The number of benzene rings is 1. The van der Waals surface area contributed by atoms with Gasteiger partial charge in [0.25, 0.3) is 0 Å². The van der Waals surface area contributed by atoms with Crippen LogP contribution in [0.3, 0.4) is 0 Å². The van der Waals surface area contributed by atoms with Crippen molar-refractivity contribution in [1.29, 1.82) is 0 Å². The third-order valence-corrected chi connectivity index (χ3v) is 3.53. The van der Waals surface area contributed by atoms with E-state index in [0.29, 0.717) is 12.3 Å². The molecule has 0 saturated heterocycles. The first-order valence-corrected chi connectivity index (χ1v) is 6.72. The van der Waals surface area contributed by atoms with Crippen molar-refractivity contribution in [2.45, 2.75) is 20.3 Å². The van der Waals surface area contributed by atoms with Crippen molar-refractivity contribution < 1.29 is 9.53 Å². The predicted molar refractivity (Wildman–Crippen MR) is 73.5 cm³/mol. The predicted octanol–water partition coefficient (Wildman–Crippen LogP) is 3.72. The van der Waals surface area contributed by atoms with Crippen LogP contribution in [-0.4, -0.2) is 17.9 Å². The maximum Gasteiger partial charge on any atom is 0.169 e. The molecule has 0 amide bonds. The number of carbonyl (C=O) groups is 1. The maximum atomic E-state index is 10.8. The molecule has 0 atom stereocenters. The minimum absolute atomic E-state index is 0.523. The second-order valence-electron chi connectivity index (χ2n) is 3.95. The minimum Gasteiger partial charge on any atom is -0.494 e. The molecule has 94 valence electrons. The lowest BCUT2D eigenvalue weighted by Gasteiger charge is -2.05. The Labute approximate surface area is 110 Å². The van der Waals surface area contributed by atoms with E-state index in [-0.39, 0.29) is 0 Å². The van der Waals surface area contributed by atoms with Gasteiger partial charge in [-0.25, -0.2) is 4.98 Å². The SMILES string of the molecule is CCCOc1cccc(-c2nc(C=O)c(C)s2)c1. The number of thiazole rings is 1. The Morgan fingerprint density at radius 2 is 2.28 bits per heavy atom. The highest BCUT2D eigenvalue weighted by Crippen LogP contribution is 2.29. The molecule has 0 unspecified atom stereocenters. The summed E-state index contributed by atoms with van der Waals surface area (Å²) >= 11 is 1.53. The van der Waals surface area contributed by atoms with Crippen LogP contribution in [0, 0.1) is 6.92 Å². The van der Waals surface area contributed by atoms with Gasteiger partial charge in [-0.2, -0.15) is 0 Å². The first-order valence-electron chi connectivity index (χ1n) is 5.90. The van der Waals surface area contributed by atoms with Gasteiger partial charge in [0.1, 0.15) is 16.5 Å². The van der Waals surface area contributed by atoms with Crippen LogP contribution in [0.25, 0.3) is 10.6 Å². The second kappa shape index (κ2) is 5.78. The first kappa shape index (κ1) is 12.8. The Bertz CT molecular complexity index is 548. The number of hydrogen-bond acceptors (Lipinski definition) is 4. The Morgan fingerprint density at radius 1 is 1.44 bits per heavy atom. The van der Waals surface area contributed by atoms with E-state index >= 15 is 0 Å². The second-order valence-corrected chi connectivity index (χ2v) is 5.16. The summed E-state index contributed by atoms with van der Waals surface area (Å²) in [5.74, 6) is 0.842. The van der Waals surface area contributed by atoms with E-state index in [9.17, 15) is 4.79 Å². The topological polar surface area (TPSA) is 39.2 Å². The van der Waals surface area contributed by atoms with Crippen LogP contribution in [0.15, 0.2) is 24.3 Å². The largest absolute Gasteiger partial charge is 0.494 e. The van der Waals surface area contributed by atoms with E-state index < -0.39 is 0 Å². The highest BCUT2D eigenvalue weighted by Gasteiger charge is 2.09. The summed E-state index contributed by atoms with van der Waals surface area (Å²) in [7, 11) is 0. The number of aryl methyl sites for hydroxylation is 1. The van der Waals surface area contributed by atoms with Crippen molar-refractivity contribution in [3.63, 3.8) is 0 Å². The molecule has 0 fully saturated rings. The number of aldehydes is 1. The average Bonchev–Trinajstić information content (AvgIpc) is 2.78. The van der Waals surface area contributed by atoms with Gasteiger partial charge < -0.3 is 4.74 Å². The fourth-order valence-corrected chi connectivity index (χ4v) is 2.46. The Kier molecular flexibility index (Phi) is 4.10. The van der Waals surface area contributed by atoms with Crippen molar-refractivity contribution in [2.75, 3.05) is 6.61 Å². The Balaban J connectivity index is 2.29. The number of aromatic nitrogens is 1. The number of ether oxygens (including phenoxy) is 1. The molecule has 0 aliphatic heterocycles. The van der Waals surface area contributed by atoms with Gasteiger partial charge in [0.05, 0.1) is 6.61 Å².